The Morgan fingerprint density at radius 2 is 2.06 bits per heavy atom. The lowest BCUT2D eigenvalue weighted by molar-refractivity contribution is -0.123. The molecule has 5 nitrogen and oxygen atoms in total. The Morgan fingerprint density at radius 3 is 2.56 bits per heavy atom. The lowest BCUT2D eigenvalue weighted by atomic mass is 10.2. The first-order chi connectivity index (χ1) is 7.35. The molecule has 1 rings (SSSR count). The quantitative estimate of drug-likeness (QED) is 0.750. The van der Waals surface area contributed by atoms with Gasteiger partial charge in [0.05, 0.1) is 0 Å². The molecule has 1 atom stereocenters. The van der Waals surface area contributed by atoms with Crippen molar-refractivity contribution in [2.75, 3.05) is 6.54 Å². The second-order valence-electron chi connectivity index (χ2n) is 4.79. The summed E-state index contributed by atoms with van der Waals surface area (Å²) in [7, 11) is 0. The van der Waals surface area contributed by atoms with Crippen LogP contribution < -0.4 is 4.34 Å². The molecular weight excluding hydrogens is 276 g/mol. The van der Waals surface area contributed by atoms with Gasteiger partial charge in [-0.25, -0.2) is 4.79 Å². The fourth-order valence-electron chi connectivity index (χ4n) is 1.64. The number of likely N-dealkylation sites (tertiary alicyclic amines) is 1. The molecule has 1 aliphatic rings. The number of carbonyl (C=O) groups excluding carboxylic acids is 2. The molecule has 0 saturated carbocycles. The number of hydrogen-bond donors (Lipinski definition) is 1. The van der Waals surface area contributed by atoms with Gasteiger partial charge in [0, 0.05) is 22.7 Å². The van der Waals surface area contributed by atoms with Crippen LogP contribution in [0.3, 0.4) is 0 Å². The van der Waals surface area contributed by atoms with Crippen LogP contribution >= 0.6 is 16.1 Å². The van der Waals surface area contributed by atoms with Crippen molar-refractivity contribution in [3.05, 3.63) is 0 Å². The summed E-state index contributed by atoms with van der Waals surface area (Å²) in [5, 5.41) is 0. The standard InChI is InChI=1S/C10H17BrN2O3/c1-10(2,3)16-9(15)13-6-4-5-7(13)8(14)12-11/h7H,4-6H2,1-3H3,(H,12,14). The monoisotopic (exact) mass is 292 g/mol. The molecule has 0 spiro atoms. The van der Waals surface area contributed by atoms with Gasteiger partial charge in [0.1, 0.15) is 11.6 Å². The highest BCUT2D eigenvalue weighted by Gasteiger charge is 2.36. The summed E-state index contributed by atoms with van der Waals surface area (Å²) in [6.45, 7) is 5.99. The van der Waals surface area contributed by atoms with Crippen LogP contribution in [-0.4, -0.2) is 35.1 Å². The largest absolute Gasteiger partial charge is 0.444 e. The Labute approximate surface area is 104 Å². The van der Waals surface area contributed by atoms with Gasteiger partial charge in [0.25, 0.3) is 5.91 Å². The Kier molecular flexibility index (Phi) is 4.18. The second-order valence-corrected chi connectivity index (χ2v) is 5.19. The number of amides is 2. The summed E-state index contributed by atoms with van der Waals surface area (Å²) >= 11 is 2.88. The number of nitrogens with zero attached hydrogens (tertiary/aromatic N) is 1. The van der Waals surface area contributed by atoms with Crippen molar-refractivity contribution in [3.63, 3.8) is 0 Å². The van der Waals surface area contributed by atoms with Gasteiger partial charge >= 0.3 is 6.09 Å². The Bertz CT molecular complexity index is 288. The summed E-state index contributed by atoms with van der Waals surface area (Å²) in [5.41, 5.74) is -0.533. The number of halogens is 1. The van der Waals surface area contributed by atoms with Crippen LogP contribution in [0.25, 0.3) is 0 Å². The smallest absolute Gasteiger partial charge is 0.410 e. The van der Waals surface area contributed by atoms with E-state index in [4.69, 9.17) is 4.74 Å². The molecule has 1 heterocycles. The summed E-state index contributed by atoms with van der Waals surface area (Å²) in [6.07, 6.45) is 1.08. The number of nitrogens with one attached hydrogen (secondary N) is 1. The maximum absolute atomic E-state index is 11.8. The van der Waals surface area contributed by atoms with Crippen molar-refractivity contribution in [3.8, 4) is 0 Å². The lowest BCUT2D eigenvalue weighted by Gasteiger charge is -2.27. The van der Waals surface area contributed by atoms with Gasteiger partial charge in [0.15, 0.2) is 0 Å². The van der Waals surface area contributed by atoms with Gasteiger partial charge < -0.3 is 4.74 Å². The third-order valence-electron chi connectivity index (χ3n) is 2.28. The average molecular weight is 293 g/mol. The minimum atomic E-state index is -0.533. The van der Waals surface area contributed by atoms with Gasteiger partial charge in [-0.1, -0.05) is 0 Å². The lowest BCUT2D eigenvalue weighted by Crippen LogP contribution is -2.45. The molecule has 0 radical (unpaired) electrons. The first-order valence-corrected chi connectivity index (χ1v) is 6.04. The van der Waals surface area contributed by atoms with E-state index in [-0.39, 0.29) is 5.91 Å². The van der Waals surface area contributed by atoms with E-state index in [1.807, 2.05) is 0 Å². The van der Waals surface area contributed by atoms with E-state index in [2.05, 4.69) is 20.5 Å². The minimum absolute atomic E-state index is 0.205. The van der Waals surface area contributed by atoms with Crippen molar-refractivity contribution in [2.24, 2.45) is 0 Å². The van der Waals surface area contributed by atoms with Crippen LogP contribution in [0.15, 0.2) is 0 Å². The normalized spacial score (nSPS) is 20.8. The highest BCUT2D eigenvalue weighted by molar-refractivity contribution is 9.08. The molecule has 92 valence electrons. The summed E-state index contributed by atoms with van der Waals surface area (Å²) in [5.74, 6) is -0.205. The predicted molar refractivity (Wildman–Crippen MR) is 63.0 cm³/mol. The minimum Gasteiger partial charge on any atom is -0.444 e. The van der Waals surface area contributed by atoms with Crippen LogP contribution in [0.1, 0.15) is 33.6 Å². The highest BCUT2D eigenvalue weighted by Crippen LogP contribution is 2.21. The van der Waals surface area contributed by atoms with E-state index in [0.717, 1.165) is 6.42 Å². The van der Waals surface area contributed by atoms with Crippen LogP contribution in [0.4, 0.5) is 4.79 Å². The SMILES string of the molecule is CC(C)(C)OC(=O)N1CCCC1C(=O)NBr. The molecule has 16 heavy (non-hydrogen) atoms. The van der Waals surface area contributed by atoms with Crippen LogP contribution in [0, 0.1) is 0 Å². The highest BCUT2D eigenvalue weighted by atomic mass is 79.9. The van der Waals surface area contributed by atoms with Gasteiger partial charge in [-0.15, -0.1) is 0 Å². The van der Waals surface area contributed by atoms with E-state index in [9.17, 15) is 9.59 Å². The van der Waals surface area contributed by atoms with Gasteiger partial charge in [-0.05, 0) is 33.6 Å². The van der Waals surface area contributed by atoms with E-state index in [1.54, 1.807) is 20.8 Å². The Hall–Kier alpha value is -0.780. The van der Waals surface area contributed by atoms with E-state index in [0.29, 0.717) is 13.0 Å². The van der Waals surface area contributed by atoms with Crippen LogP contribution in [0.5, 0.6) is 0 Å². The van der Waals surface area contributed by atoms with E-state index >= 15 is 0 Å². The molecule has 1 aliphatic heterocycles. The van der Waals surface area contributed by atoms with Crippen LogP contribution in [0.2, 0.25) is 0 Å². The van der Waals surface area contributed by atoms with Crippen molar-refractivity contribution in [1.82, 2.24) is 9.24 Å². The molecule has 1 saturated heterocycles. The zero-order valence-corrected chi connectivity index (χ0v) is 11.3. The van der Waals surface area contributed by atoms with Crippen molar-refractivity contribution >= 4 is 28.1 Å². The second kappa shape index (κ2) is 5.03. The van der Waals surface area contributed by atoms with Gasteiger partial charge in [0.2, 0.25) is 0 Å². The molecule has 1 N–H and O–H groups in total. The molecular formula is C10H17BrN2O3. The topological polar surface area (TPSA) is 58.6 Å². The molecule has 0 bridgehead atoms. The molecule has 1 fully saturated rings. The van der Waals surface area contributed by atoms with Crippen molar-refractivity contribution in [2.45, 2.75) is 45.3 Å². The predicted octanol–water partition coefficient (Wildman–Crippen LogP) is 1.81. The maximum Gasteiger partial charge on any atom is 0.410 e. The summed E-state index contributed by atoms with van der Waals surface area (Å²) in [6, 6.07) is -0.422. The van der Waals surface area contributed by atoms with E-state index < -0.39 is 17.7 Å². The summed E-state index contributed by atoms with van der Waals surface area (Å²) in [4.78, 5) is 24.8. The number of hydrogen-bond acceptors (Lipinski definition) is 3. The summed E-state index contributed by atoms with van der Waals surface area (Å²) < 4.78 is 7.62. The Morgan fingerprint density at radius 1 is 1.44 bits per heavy atom. The van der Waals surface area contributed by atoms with Gasteiger partial charge in [-0.3, -0.25) is 14.0 Å². The third-order valence-corrected chi connectivity index (χ3v) is 2.67. The van der Waals surface area contributed by atoms with Crippen molar-refractivity contribution < 1.29 is 14.3 Å². The maximum atomic E-state index is 11.8. The van der Waals surface area contributed by atoms with Crippen LogP contribution in [-0.2, 0) is 9.53 Å². The third kappa shape index (κ3) is 3.37. The molecule has 0 aromatic heterocycles. The number of rotatable bonds is 1. The Balaban J connectivity index is 2.65. The van der Waals surface area contributed by atoms with Crippen molar-refractivity contribution in [1.29, 1.82) is 0 Å². The molecule has 1 unspecified atom stereocenters. The zero-order valence-electron chi connectivity index (χ0n) is 9.75. The fourth-order valence-corrected chi connectivity index (χ4v) is 1.91. The first-order valence-electron chi connectivity index (χ1n) is 5.25. The fraction of sp³-hybridized carbons (Fsp3) is 0.800. The van der Waals surface area contributed by atoms with E-state index in [1.165, 1.54) is 4.90 Å². The average Bonchev–Trinajstić information content (AvgIpc) is 2.62. The molecule has 2 amide bonds. The molecule has 0 aromatic rings. The zero-order chi connectivity index (χ0) is 12.3. The first kappa shape index (κ1) is 13.3. The molecule has 0 aromatic carbocycles. The number of carbonyl (C=O) groups is 2. The van der Waals surface area contributed by atoms with Gasteiger partial charge in [-0.2, -0.15) is 0 Å². The number of ether oxygens (including phenoxy) is 1. The molecule has 0 aliphatic carbocycles. The molecule has 6 heteroatoms.